The molecule has 0 atom stereocenters. The Morgan fingerprint density at radius 2 is 1.20 bits per heavy atom. The largest absolute Gasteiger partial charge is 0.309 e. The fraction of sp³-hybridized carbons (Fsp3) is 0.176. The van der Waals surface area contributed by atoms with Crippen molar-refractivity contribution in [3.63, 3.8) is 0 Å². The van der Waals surface area contributed by atoms with E-state index in [0.29, 0.717) is 0 Å². The van der Waals surface area contributed by atoms with Crippen LogP contribution in [0.2, 0.25) is 0 Å². The smallest absolute Gasteiger partial charge is 0.0619 e. The van der Waals surface area contributed by atoms with Crippen molar-refractivity contribution in [2.24, 2.45) is 0 Å². The van der Waals surface area contributed by atoms with Gasteiger partial charge in [0.05, 0.1) is 11.0 Å². The average Bonchev–Trinajstić information content (AvgIpc) is 3.28. The Labute approximate surface area is 206 Å². The summed E-state index contributed by atoms with van der Waals surface area (Å²) in [5, 5.41) is 5.23. The number of aromatic nitrogens is 1. The number of rotatable bonds is 3. The lowest BCUT2D eigenvalue weighted by Gasteiger charge is -2.22. The highest BCUT2D eigenvalue weighted by atomic mass is 15.0. The highest BCUT2D eigenvalue weighted by Gasteiger charge is 2.19. The normalized spacial score (nSPS) is 14.7. The van der Waals surface area contributed by atoms with Crippen LogP contribution in [-0.4, -0.2) is 4.57 Å². The molecule has 7 rings (SSSR count). The number of nitrogens with zero attached hydrogens (tertiary/aromatic N) is 1. The molecule has 0 aliphatic heterocycles. The third kappa shape index (κ3) is 3.38. The standard InChI is InChI=1S/C34H29N/c1-3-11-24(12-4-1)25-19-21-26(22-20-25)31-23-32-29-16-9-10-18-33(29)35(27-13-5-2-6-14-27)34(32)30-17-8-7-15-28(30)31/h2,5-10,13-24H,1,3-4,11-12H2. The van der Waals surface area contributed by atoms with Crippen LogP contribution in [0.15, 0.2) is 109 Å². The second-order valence-corrected chi connectivity index (χ2v) is 10.0. The lowest BCUT2D eigenvalue weighted by atomic mass is 9.83. The van der Waals surface area contributed by atoms with Crippen LogP contribution in [0.3, 0.4) is 0 Å². The predicted molar refractivity (Wildman–Crippen MR) is 150 cm³/mol. The summed E-state index contributed by atoms with van der Waals surface area (Å²) in [6.07, 6.45) is 6.83. The second-order valence-electron chi connectivity index (χ2n) is 10.0. The van der Waals surface area contributed by atoms with Gasteiger partial charge in [0.1, 0.15) is 0 Å². The van der Waals surface area contributed by atoms with E-state index in [2.05, 4.69) is 114 Å². The molecule has 0 radical (unpaired) electrons. The molecule has 1 heteroatoms. The first-order valence-corrected chi connectivity index (χ1v) is 13.0. The molecule has 170 valence electrons. The summed E-state index contributed by atoms with van der Waals surface area (Å²) in [7, 11) is 0. The van der Waals surface area contributed by atoms with E-state index in [4.69, 9.17) is 0 Å². The van der Waals surface area contributed by atoms with Crippen molar-refractivity contribution in [2.45, 2.75) is 38.0 Å². The van der Waals surface area contributed by atoms with Crippen molar-refractivity contribution in [1.29, 1.82) is 0 Å². The van der Waals surface area contributed by atoms with Crippen LogP contribution in [0.25, 0.3) is 49.4 Å². The molecule has 1 aliphatic rings. The first-order valence-electron chi connectivity index (χ1n) is 13.0. The first kappa shape index (κ1) is 20.5. The van der Waals surface area contributed by atoms with E-state index in [9.17, 15) is 0 Å². The summed E-state index contributed by atoms with van der Waals surface area (Å²) >= 11 is 0. The maximum absolute atomic E-state index is 2.43. The third-order valence-electron chi connectivity index (χ3n) is 7.99. The molecule has 1 aliphatic carbocycles. The van der Waals surface area contributed by atoms with Crippen LogP contribution in [0.4, 0.5) is 0 Å². The summed E-state index contributed by atoms with van der Waals surface area (Å²) in [6.45, 7) is 0. The van der Waals surface area contributed by atoms with Crippen LogP contribution < -0.4 is 0 Å². The van der Waals surface area contributed by atoms with Gasteiger partial charge in [-0.3, -0.25) is 0 Å². The summed E-state index contributed by atoms with van der Waals surface area (Å²) in [6, 6.07) is 40.4. The Hall–Kier alpha value is -3.84. The molecule has 0 saturated heterocycles. The summed E-state index contributed by atoms with van der Waals surface area (Å²) < 4.78 is 2.43. The van der Waals surface area contributed by atoms with Gasteiger partial charge >= 0.3 is 0 Å². The topological polar surface area (TPSA) is 4.93 Å². The third-order valence-corrected chi connectivity index (χ3v) is 7.99. The van der Waals surface area contributed by atoms with Crippen molar-refractivity contribution < 1.29 is 0 Å². The molecular weight excluding hydrogens is 422 g/mol. The van der Waals surface area contributed by atoms with Gasteiger partial charge in [-0.05, 0) is 65.1 Å². The van der Waals surface area contributed by atoms with Gasteiger partial charge in [-0.1, -0.05) is 104 Å². The first-order chi connectivity index (χ1) is 17.4. The van der Waals surface area contributed by atoms with Crippen molar-refractivity contribution in [3.05, 3.63) is 115 Å². The van der Waals surface area contributed by atoms with Crippen molar-refractivity contribution in [1.82, 2.24) is 4.57 Å². The van der Waals surface area contributed by atoms with Crippen molar-refractivity contribution in [3.8, 4) is 16.8 Å². The van der Waals surface area contributed by atoms with E-state index in [-0.39, 0.29) is 0 Å². The molecule has 0 N–H and O–H groups in total. The van der Waals surface area contributed by atoms with E-state index in [1.54, 1.807) is 0 Å². The maximum atomic E-state index is 2.43. The number of fused-ring (bicyclic) bond motifs is 5. The minimum absolute atomic E-state index is 0.737. The van der Waals surface area contributed by atoms with E-state index in [1.165, 1.54) is 87.1 Å². The summed E-state index contributed by atoms with van der Waals surface area (Å²) in [5.41, 5.74) is 7.88. The number of hydrogen-bond donors (Lipinski definition) is 0. The fourth-order valence-corrected chi connectivity index (χ4v) is 6.28. The van der Waals surface area contributed by atoms with E-state index >= 15 is 0 Å². The zero-order chi connectivity index (χ0) is 23.2. The van der Waals surface area contributed by atoms with Crippen molar-refractivity contribution in [2.75, 3.05) is 0 Å². The van der Waals surface area contributed by atoms with Gasteiger partial charge in [0, 0.05) is 21.8 Å². The lowest BCUT2D eigenvalue weighted by molar-refractivity contribution is 0.443. The Morgan fingerprint density at radius 3 is 1.97 bits per heavy atom. The molecule has 0 amide bonds. The quantitative estimate of drug-likeness (QED) is 0.252. The van der Waals surface area contributed by atoms with Crippen LogP contribution >= 0.6 is 0 Å². The van der Waals surface area contributed by atoms with Gasteiger partial charge in [-0.2, -0.15) is 0 Å². The van der Waals surface area contributed by atoms with Gasteiger partial charge in [-0.15, -0.1) is 0 Å². The molecular formula is C34H29N. The van der Waals surface area contributed by atoms with Crippen LogP contribution in [-0.2, 0) is 0 Å². The molecule has 1 heterocycles. The number of benzene rings is 5. The Bertz CT molecular complexity index is 1650. The molecule has 5 aromatic carbocycles. The van der Waals surface area contributed by atoms with E-state index in [1.807, 2.05) is 0 Å². The number of para-hydroxylation sites is 2. The highest BCUT2D eigenvalue weighted by Crippen LogP contribution is 2.41. The molecule has 0 spiro atoms. The fourth-order valence-electron chi connectivity index (χ4n) is 6.28. The molecule has 1 saturated carbocycles. The van der Waals surface area contributed by atoms with Gasteiger partial charge in [0.15, 0.2) is 0 Å². The Morgan fingerprint density at radius 1 is 0.543 bits per heavy atom. The highest BCUT2D eigenvalue weighted by molar-refractivity contribution is 6.22. The number of hydrogen-bond acceptors (Lipinski definition) is 0. The molecule has 35 heavy (non-hydrogen) atoms. The van der Waals surface area contributed by atoms with Gasteiger partial charge < -0.3 is 4.57 Å². The van der Waals surface area contributed by atoms with Gasteiger partial charge in [-0.25, -0.2) is 0 Å². The molecule has 6 aromatic rings. The average molecular weight is 452 g/mol. The predicted octanol–water partition coefficient (Wildman–Crippen LogP) is 9.65. The summed E-state index contributed by atoms with van der Waals surface area (Å²) in [4.78, 5) is 0. The van der Waals surface area contributed by atoms with E-state index < -0.39 is 0 Å². The monoisotopic (exact) mass is 451 g/mol. The maximum Gasteiger partial charge on any atom is 0.0619 e. The van der Waals surface area contributed by atoms with Crippen LogP contribution in [0.1, 0.15) is 43.6 Å². The SMILES string of the molecule is c1ccc(-n2c3ccccc3c3cc(-c4ccc(C5CCCCC5)cc4)c4ccccc4c32)cc1. The molecule has 1 aromatic heterocycles. The van der Waals surface area contributed by atoms with Gasteiger partial charge in [0.2, 0.25) is 0 Å². The minimum Gasteiger partial charge on any atom is -0.309 e. The zero-order valence-corrected chi connectivity index (χ0v) is 20.0. The molecule has 1 fully saturated rings. The molecule has 0 unspecified atom stereocenters. The minimum atomic E-state index is 0.737. The van der Waals surface area contributed by atoms with Gasteiger partial charge in [0.25, 0.3) is 0 Å². The molecule has 0 bridgehead atoms. The molecule has 1 nitrogen and oxygen atoms in total. The zero-order valence-electron chi connectivity index (χ0n) is 20.0. The van der Waals surface area contributed by atoms with Crippen LogP contribution in [0.5, 0.6) is 0 Å². The van der Waals surface area contributed by atoms with Crippen LogP contribution in [0, 0.1) is 0 Å². The Kier molecular flexibility index (Phi) is 4.94. The second kappa shape index (κ2) is 8.43. The van der Waals surface area contributed by atoms with Crippen molar-refractivity contribution >= 4 is 32.6 Å². The Balaban J connectivity index is 1.49. The summed E-state index contributed by atoms with van der Waals surface area (Å²) in [5.74, 6) is 0.737. The van der Waals surface area contributed by atoms with E-state index in [0.717, 1.165) is 5.92 Å². The lowest BCUT2D eigenvalue weighted by Crippen LogP contribution is -2.04.